The van der Waals surface area contributed by atoms with Crippen molar-refractivity contribution in [3.05, 3.63) is 52.4 Å². The first-order chi connectivity index (χ1) is 10.3. The average Bonchev–Trinajstić information content (AvgIpc) is 3.02. The fourth-order valence-electron chi connectivity index (χ4n) is 2.85. The number of hydrogen-bond acceptors (Lipinski definition) is 3. The number of carboxylic acids is 1. The molecule has 1 aromatic carbocycles. The fraction of sp³-hybridized carbons (Fsp3) is 0.250. The molecule has 0 fully saturated rings. The van der Waals surface area contributed by atoms with Crippen molar-refractivity contribution in [1.29, 1.82) is 0 Å². The van der Waals surface area contributed by atoms with Crippen molar-refractivity contribution in [1.82, 2.24) is 0 Å². The molecule has 0 radical (unpaired) electrons. The number of furan rings is 1. The highest BCUT2D eigenvalue weighted by atomic mass is 35.5. The van der Waals surface area contributed by atoms with E-state index in [4.69, 9.17) is 21.1 Å². The maximum Gasteiger partial charge on any atom is 0.371 e. The average molecular weight is 320 g/mol. The van der Waals surface area contributed by atoms with Crippen molar-refractivity contribution in [3.63, 3.8) is 0 Å². The van der Waals surface area contributed by atoms with Crippen LogP contribution in [0.1, 0.15) is 40.5 Å². The van der Waals surface area contributed by atoms with Crippen molar-refractivity contribution >= 4 is 29.2 Å². The zero-order valence-corrected chi connectivity index (χ0v) is 12.8. The number of aromatic carboxylic acids is 1. The van der Waals surface area contributed by atoms with Gasteiger partial charge in [-0.05, 0) is 24.3 Å². The molecule has 5 nitrogen and oxygen atoms in total. The summed E-state index contributed by atoms with van der Waals surface area (Å²) in [5.74, 6) is -1.83. The van der Waals surface area contributed by atoms with E-state index in [0.29, 0.717) is 11.6 Å². The van der Waals surface area contributed by atoms with Crippen molar-refractivity contribution in [3.8, 4) is 0 Å². The third kappa shape index (κ3) is 2.18. The quantitative estimate of drug-likeness (QED) is 0.918. The number of carbonyl (C=O) groups is 2. The van der Waals surface area contributed by atoms with Gasteiger partial charge >= 0.3 is 5.97 Å². The summed E-state index contributed by atoms with van der Waals surface area (Å²) in [4.78, 5) is 25.1. The molecule has 1 aromatic heterocycles. The van der Waals surface area contributed by atoms with Crippen LogP contribution in [0.15, 0.2) is 34.7 Å². The Morgan fingerprint density at radius 2 is 1.91 bits per heavy atom. The minimum atomic E-state index is -1.20. The van der Waals surface area contributed by atoms with Gasteiger partial charge in [-0.1, -0.05) is 31.5 Å². The van der Waals surface area contributed by atoms with E-state index in [1.165, 1.54) is 12.1 Å². The Bertz CT molecular complexity index is 778. The first-order valence-electron chi connectivity index (χ1n) is 6.75. The van der Waals surface area contributed by atoms with Crippen LogP contribution in [0, 0.1) is 0 Å². The summed E-state index contributed by atoms with van der Waals surface area (Å²) in [6.07, 6.45) is 0. The van der Waals surface area contributed by atoms with Crippen LogP contribution in [0.2, 0.25) is 5.02 Å². The first kappa shape index (κ1) is 14.7. The normalized spacial score (nSPS) is 15.7. The van der Waals surface area contributed by atoms with E-state index in [9.17, 15) is 9.59 Å². The molecule has 1 aliphatic heterocycles. The number of carbonyl (C=O) groups excluding carboxylic acids is 1. The van der Waals surface area contributed by atoms with Gasteiger partial charge in [0.15, 0.2) is 5.76 Å². The Labute approximate surface area is 132 Å². The van der Waals surface area contributed by atoms with Crippen LogP contribution >= 0.6 is 11.6 Å². The molecule has 2 heterocycles. The molecule has 0 spiro atoms. The predicted molar refractivity (Wildman–Crippen MR) is 81.8 cm³/mol. The van der Waals surface area contributed by atoms with Crippen LogP contribution in [0.25, 0.3) is 0 Å². The lowest BCUT2D eigenvalue weighted by Gasteiger charge is -2.20. The van der Waals surface area contributed by atoms with E-state index in [2.05, 4.69) is 0 Å². The molecule has 1 aliphatic rings. The van der Waals surface area contributed by atoms with E-state index in [1.54, 1.807) is 17.0 Å². The molecular weight excluding hydrogens is 306 g/mol. The Hall–Kier alpha value is -2.27. The van der Waals surface area contributed by atoms with E-state index < -0.39 is 5.97 Å². The lowest BCUT2D eigenvalue weighted by atomic mass is 9.87. The van der Waals surface area contributed by atoms with Crippen molar-refractivity contribution in [2.75, 3.05) is 11.4 Å². The Morgan fingerprint density at radius 1 is 1.23 bits per heavy atom. The lowest BCUT2D eigenvalue weighted by Crippen LogP contribution is -2.33. The van der Waals surface area contributed by atoms with Crippen LogP contribution in [-0.4, -0.2) is 23.5 Å². The van der Waals surface area contributed by atoms with Gasteiger partial charge in [-0.3, -0.25) is 4.79 Å². The minimum Gasteiger partial charge on any atom is -0.475 e. The molecule has 22 heavy (non-hydrogen) atoms. The number of fused-ring (bicyclic) bond motifs is 1. The van der Waals surface area contributed by atoms with Crippen LogP contribution in [0.4, 0.5) is 5.69 Å². The summed E-state index contributed by atoms with van der Waals surface area (Å²) in [6, 6.07) is 8.06. The van der Waals surface area contributed by atoms with Crippen molar-refractivity contribution in [2.45, 2.75) is 19.3 Å². The molecule has 3 rings (SSSR count). The zero-order chi connectivity index (χ0) is 16.1. The maximum absolute atomic E-state index is 12.6. The molecule has 0 aliphatic carbocycles. The van der Waals surface area contributed by atoms with Crippen LogP contribution in [-0.2, 0) is 5.41 Å². The molecule has 2 aromatic rings. The monoisotopic (exact) mass is 319 g/mol. The Kier molecular flexibility index (Phi) is 3.25. The van der Waals surface area contributed by atoms with Crippen LogP contribution in [0.3, 0.4) is 0 Å². The molecule has 0 bridgehead atoms. The summed E-state index contributed by atoms with van der Waals surface area (Å²) in [6.45, 7) is 4.47. The van der Waals surface area contributed by atoms with Crippen LogP contribution in [0.5, 0.6) is 0 Å². The second kappa shape index (κ2) is 4.88. The smallest absolute Gasteiger partial charge is 0.371 e. The number of hydrogen-bond donors (Lipinski definition) is 1. The Balaban J connectivity index is 2.02. The topological polar surface area (TPSA) is 70.8 Å². The van der Waals surface area contributed by atoms with E-state index in [1.807, 2.05) is 19.9 Å². The third-order valence-corrected chi connectivity index (χ3v) is 4.10. The number of halogens is 1. The highest BCUT2D eigenvalue weighted by Crippen LogP contribution is 2.44. The molecule has 0 saturated carbocycles. The van der Waals surface area contributed by atoms with Crippen molar-refractivity contribution < 1.29 is 19.1 Å². The molecule has 1 amide bonds. The van der Waals surface area contributed by atoms with Gasteiger partial charge in [0.25, 0.3) is 5.91 Å². The standard InChI is InChI=1S/C16H14ClNO4/c1-16(2)8-18(10-5-3-4-9(17)13(10)16)14(19)11-6-7-12(22-11)15(20)21/h3-7H,8H2,1-2H3,(H,20,21). The zero-order valence-electron chi connectivity index (χ0n) is 12.1. The maximum atomic E-state index is 12.6. The van der Waals surface area contributed by atoms with Gasteiger partial charge in [0.05, 0.1) is 0 Å². The van der Waals surface area contributed by atoms with E-state index >= 15 is 0 Å². The molecule has 114 valence electrons. The summed E-state index contributed by atoms with van der Waals surface area (Å²) in [5, 5.41) is 9.50. The largest absolute Gasteiger partial charge is 0.475 e. The number of anilines is 1. The van der Waals surface area contributed by atoms with E-state index in [-0.39, 0.29) is 22.8 Å². The summed E-state index contributed by atoms with van der Waals surface area (Å²) < 4.78 is 5.11. The summed E-state index contributed by atoms with van der Waals surface area (Å²) in [7, 11) is 0. The van der Waals surface area contributed by atoms with Gasteiger partial charge < -0.3 is 14.4 Å². The minimum absolute atomic E-state index is 0.000950. The number of amides is 1. The van der Waals surface area contributed by atoms with E-state index in [0.717, 1.165) is 11.3 Å². The summed E-state index contributed by atoms with van der Waals surface area (Å²) >= 11 is 6.28. The first-order valence-corrected chi connectivity index (χ1v) is 7.13. The number of carboxylic acid groups (broad SMARTS) is 1. The van der Waals surface area contributed by atoms with Gasteiger partial charge in [0, 0.05) is 28.2 Å². The SMILES string of the molecule is CC1(C)CN(C(=O)c2ccc(C(=O)O)o2)c2cccc(Cl)c21. The molecule has 0 unspecified atom stereocenters. The highest BCUT2D eigenvalue weighted by molar-refractivity contribution is 6.32. The Morgan fingerprint density at radius 3 is 2.55 bits per heavy atom. The molecule has 0 atom stereocenters. The third-order valence-electron chi connectivity index (χ3n) is 3.79. The highest BCUT2D eigenvalue weighted by Gasteiger charge is 2.40. The van der Waals surface area contributed by atoms with Gasteiger partial charge in [0.2, 0.25) is 5.76 Å². The van der Waals surface area contributed by atoms with Crippen molar-refractivity contribution in [2.24, 2.45) is 0 Å². The predicted octanol–water partition coefficient (Wildman–Crippen LogP) is 3.57. The van der Waals surface area contributed by atoms with Gasteiger partial charge in [0.1, 0.15) is 0 Å². The molecule has 0 saturated heterocycles. The summed E-state index contributed by atoms with van der Waals surface area (Å²) in [5.41, 5.74) is 1.36. The lowest BCUT2D eigenvalue weighted by molar-refractivity contribution is 0.0660. The molecule has 1 N–H and O–H groups in total. The van der Waals surface area contributed by atoms with Crippen LogP contribution < -0.4 is 4.90 Å². The second-order valence-electron chi connectivity index (χ2n) is 5.88. The van der Waals surface area contributed by atoms with Gasteiger partial charge in [-0.15, -0.1) is 0 Å². The van der Waals surface area contributed by atoms with Gasteiger partial charge in [-0.25, -0.2) is 4.79 Å². The molecule has 6 heteroatoms. The number of rotatable bonds is 2. The number of benzene rings is 1. The van der Waals surface area contributed by atoms with Gasteiger partial charge in [-0.2, -0.15) is 0 Å². The second-order valence-corrected chi connectivity index (χ2v) is 6.29. The number of nitrogens with zero attached hydrogens (tertiary/aromatic N) is 1. The molecular formula is C16H14ClNO4. The fourth-order valence-corrected chi connectivity index (χ4v) is 3.27.